The van der Waals surface area contributed by atoms with E-state index in [1.54, 1.807) is 23.0 Å². The lowest BCUT2D eigenvalue weighted by molar-refractivity contribution is 0.102. The number of pyridine rings is 1. The summed E-state index contributed by atoms with van der Waals surface area (Å²) in [5, 5.41) is 8.58. The van der Waals surface area contributed by atoms with E-state index in [1.807, 2.05) is 56.6 Å². The maximum Gasteiger partial charge on any atom is 0.256 e. The molecule has 2 aromatic carbocycles. The molecule has 0 aliphatic heterocycles. The quantitative estimate of drug-likeness (QED) is 0.556. The van der Waals surface area contributed by atoms with Crippen LogP contribution in [0.4, 0.5) is 5.69 Å². The molecule has 0 fully saturated rings. The van der Waals surface area contributed by atoms with Gasteiger partial charge in [0.25, 0.3) is 5.91 Å². The predicted molar refractivity (Wildman–Crippen MR) is 108 cm³/mol. The van der Waals surface area contributed by atoms with Crippen LogP contribution in [0.1, 0.15) is 15.9 Å². The van der Waals surface area contributed by atoms with Gasteiger partial charge in [-0.2, -0.15) is 5.10 Å². The minimum Gasteiger partial charge on any atom is -0.322 e. The van der Waals surface area contributed by atoms with Crippen LogP contribution in [0.15, 0.2) is 60.9 Å². The largest absolute Gasteiger partial charge is 0.322 e. The van der Waals surface area contributed by atoms with Gasteiger partial charge in [-0.15, -0.1) is 0 Å². The molecular weight excluding hydrogens is 360 g/mol. The SMILES string of the molecule is Cc1c(Cl)cccc1NC(=O)c1cc(-c2cnn(C)c2)nc2ccccc12. The van der Waals surface area contributed by atoms with E-state index in [2.05, 4.69) is 15.4 Å². The highest BCUT2D eigenvalue weighted by molar-refractivity contribution is 6.31. The van der Waals surface area contributed by atoms with Crippen LogP contribution < -0.4 is 5.32 Å². The Bertz CT molecular complexity index is 1170. The Morgan fingerprint density at radius 2 is 1.96 bits per heavy atom. The number of halogens is 1. The highest BCUT2D eigenvalue weighted by atomic mass is 35.5. The topological polar surface area (TPSA) is 59.8 Å². The number of benzene rings is 2. The highest BCUT2D eigenvalue weighted by Gasteiger charge is 2.16. The second-order valence-electron chi connectivity index (χ2n) is 6.34. The smallest absolute Gasteiger partial charge is 0.256 e. The van der Waals surface area contributed by atoms with E-state index in [0.717, 1.165) is 22.0 Å². The summed E-state index contributed by atoms with van der Waals surface area (Å²) in [4.78, 5) is 17.8. The van der Waals surface area contributed by atoms with Gasteiger partial charge in [0.2, 0.25) is 0 Å². The van der Waals surface area contributed by atoms with E-state index in [0.29, 0.717) is 22.0 Å². The highest BCUT2D eigenvalue weighted by Crippen LogP contribution is 2.27. The van der Waals surface area contributed by atoms with Crippen LogP contribution >= 0.6 is 11.6 Å². The number of carbonyl (C=O) groups excluding carboxylic acids is 1. The van der Waals surface area contributed by atoms with Crippen LogP contribution in [0.2, 0.25) is 5.02 Å². The third kappa shape index (κ3) is 3.29. The lowest BCUT2D eigenvalue weighted by Gasteiger charge is -2.12. The van der Waals surface area contributed by atoms with Crippen molar-refractivity contribution in [2.45, 2.75) is 6.92 Å². The van der Waals surface area contributed by atoms with Gasteiger partial charge in [0.05, 0.1) is 23.0 Å². The van der Waals surface area contributed by atoms with Crippen LogP contribution in [0.5, 0.6) is 0 Å². The van der Waals surface area contributed by atoms with Crippen molar-refractivity contribution in [1.29, 1.82) is 0 Å². The van der Waals surface area contributed by atoms with Crippen molar-refractivity contribution in [1.82, 2.24) is 14.8 Å². The normalized spacial score (nSPS) is 10.9. The van der Waals surface area contributed by atoms with E-state index in [4.69, 9.17) is 11.6 Å². The molecule has 0 saturated carbocycles. The molecule has 4 rings (SSSR count). The lowest BCUT2D eigenvalue weighted by Crippen LogP contribution is -2.14. The molecule has 134 valence electrons. The fourth-order valence-electron chi connectivity index (χ4n) is 3.00. The Labute approximate surface area is 161 Å². The van der Waals surface area contributed by atoms with Gasteiger partial charge in [0.1, 0.15) is 0 Å². The third-order valence-corrected chi connectivity index (χ3v) is 4.89. The number of fused-ring (bicyclic) bond motifs is 1. The van der Waals surface area contributed by atoms with Gasteiger partial charge in [-0.1, -0.05) is 35.9 Å². The zero-order valence-electron chi connectivity index (χ0n) is 14.9. The number of nitrogens with zero attached hydrogens (tertiary/aromatic N) is 3. The molecule has 5 nitrogen and oxygen atoms in total. The summed E-state index contributed by atoms with van der Waals surface area (Å²) in [7, 11) is 1.85. The summed E-state index contributed by atoms with van der Waals surface area (Å²) in [6.07, 6.45) is 3.61. The summed E-state index contributed by atoms with van der Waals surface area (Å²) in [5.41, 5.74) is 4.39. The number of hydrogen-bond acceptors (Lipinski definition) is 3. The molecular formula is C21H17ClN4O. The van der Waals surface area contributed by atoms with Crippen molar-refractivity contribution >= 4 is 34.1 Å². The van der Waals surface area contributed by atoms with Gasteiger partial charge in [0, 0.05) is 34.9 Å². The Hall–Kier alpha value is -3.18. The number of aromatic nitrogens is 3. The number of nitrogens with one attached hydrogen (secondary N) is 1. The van der Waals surface area contributed by atoms with E-state index in [1.165, 1.54) is 0 Å². The molecule has 2 aromatic heterocycles. The minimum atomic E-state index is -0.205. The molecule has 0 radical (unpaired) electrons. The molecule has 2 heterocycles. The average Bonchev–Trinajstić information content (AvgIpc) is 3.11. The average molecular weight is 377 g/mol. The number of rotatable bonds is 3. The van der Waals surface area contributed by atoms with Gasteiger partial charge in [-0.25, -0.2) is 4.98 Å². The van der Waals surface area contributed by atoms with Gasteiger partial charge >= 0.3 is 0 Å². The van der Waals surface area contributed by atoms with E-state index in [9.17, 15) is 4.79 Å². The Morgan fingerprint density at radius 3 is 2.74 bits per heavy atom. The molecule has 0 atom stereocenters. The van der Waals surface area contributed by atoms with Crippen molar-refractivity contribution in [2.75, 3.05) is 5.32 Å². The number of para-hydroxylation sites is 1. The Balaban J connectivity index is 1.82. The Kier molecular flexibility index (Phi) is 4.38. The van der Waals surface area contributed by atoms with Crippen molar-refractivity contribution in [3.05, 3.63) is 77.1 Å². The molecule has 6 heteroatoms. The molecule has 27 heavy (non-hydrogen) atoms. The number of carbonyl (C=O) groups is 1. The fraction of sp³-hybridized carbons (Fsp3) is 0.0952. The summed E-state index contributed by atoms with van der Waals surface area (Å²) >= 11 is 6.18. The first kappa shape index (κ1) is 17.2. The van der Waals surface area contributed by atoms with Crippen molar-refractivity contribution < 1.29 is 4.79 Å². The number of hydrogen-bond donors (Lipinski definition) is 1. The van der Waals surface area contributed by atoms with E-state index >= 15 is 0 Å². The molecule has 0 spiro atoms. The molecule has 0 saturated heterocycles. The van der Waals surface area contributed by atoms with Crippen molar-refractivity contribution in [3.8, 4) is 11.3 Å². The van der Waals surface area contributed by atoms with Crippen molar-refractivity contribution in [2.24, 2.45) is 7.05 Å². The van der Waals surface area contributed by atoms with Crippen LogP contribution in [0.25, 0.3) is 22.2 Å². The molecule has 4 aromatic rings. The molecule has 0 aliphatic rings. The first-order valence-electron chi connectivity index (χ1n) is 8.48. The summed E-state index contributed by atoms with van der Waals surface area (Å²) in [5.74, 6) is -0.205. The Morgan fingerprint density at radius 1 is 1.15 bits per heavy atom. The summed E-state index contributed by atoms with van der Waals surface area (Å²) in [6.45, 7) is 1.88. The molecule has 1 amide bonds. The summed E-state index contributed by atoms with van der Waals surface area (Å²) < 4.78 is 1.71. The van der Waals surface area contributed by atoms with Crippen molar-refractivity contribution in [3.63, 3.8) is 0 Å². The molecule has 0 aliphatic carbocycles. The van der Waals surface area contributed by atoms with E-state index < -0.39 is 0 Å². The minimum absolute atomic E-state index is 0.205. The monoisotopic (exact) mass is 376 g/mol. The lowest BCUT2D eigenvalue weighted by atomic mass is 10.0. The molecule has 0 bridgehead atoms. The second kappa shape index (κ2) is 6.85. The van der Waals surface area contributed by atoms with Crippen LogP contribution in [0.3, 0.4) is 0 Å². The molecule has 0 unspecified atom stereocenters. The standard InChI is InChI=1S/C21H17ClN4O/c1-13-17(22)7-5-9-18(13)25-21(27)16-10-20(14-11-23-26(2)12-14)24-19-8-4-3-6-15(16)19/h3-12H,1-2H3,(H,25,27). The number of anilines is 1. The third-order valence-electron chi connectivity index (χ3n) is 4.48. The number of aryl methyl sites for hydroxylation is 1. The van der Waals surface area contributed by atoms with Crippen LogP contribution in [0, 0.1) is 6.92 Å². The first-order valence-corrected chi connectivity index (χ1v) is 8.86. The van der Waals surface area contributed by atoms with Gasteiger partial charge in [-0.05, 0) is 36.8 Å². The fourth-order valence-corrected chi connectivity index (χ4v) is 3.17. The summed E-state index contributed by atoms with van der Waals surface area (Å²) in [6, 6.07) is 14.9. The van der Waals surface area contributed by atoms with Gasteiger partial charge in [-0.3, -0.25) is 9.48 Å². The van der Waals surface area contributed by atoms with Crippen LogP contribution in [-0.2, 0) is 7.05 Å². The van der Waals surface area contributed by atoms with Gasteiger partial charge in [0.15, 0.2) is 0 Å². The maximum absolute atomic E-state index is 13.1. The van der Waals surface area contributed by atoms with Crippen LogP contribution in [-0.4, -0.2) is 20.7 Å². The maximum atomic E-state index is 13.1. The van der Waals surface area contributed by atoms with E-state index in [-0.39, 0.29) is 5.91 Å². The van der Waals surface area contributed by atoms with Gasteiger partial charge < -0.3 is 5.32 Å². The first-order chi connectivity index (χ1) is 13.0. The predicted octanol–water partition coefficient (Wildman–Crippen LogP) is 4.85. The zero-order valence-corrected chi connectivity index (χ0v) is 15.7. The zero-order chi connectivity index (χ0) is 19.0. The number of amides is 1. The molecule has 1 N–H and O–H groups in total. The second-order valence-corrected chi connectivity index (χ2v) is 6.75.